The van der Waals surface area contributed by atoms with Gasteiger partial charge in [0.05, 0.1) is 45.6 Å². The van der Waals surface area contributed by atoms with E-state index >= 15 is 0 Å². The van der Waals surface area contributed by atoms with E-state index in [2.05, 4.69) is 27.7 Å². The van der Waals surface area contributed by atoms with E-state index in [4.69, 9.17) is 37.9 Å². The van der Waals surface area contributed by atoms with Crippen molar-refractivity contribution in [3.63, 3.8) is 0 Å². The van der Waals surface area contributed by atoms with Crippen LogP contribution in [0, 0.1) is 29.6 Å². The highest BCUT2D eigenvalue weighted by Gasteiger charge is 2.70. The summed E-state index contributed by atoms with van der Waals surface area (Å²) in [6.07, 6.45) is 2.07. The molecule has 1 saturated heterocycles. The molecular formula is C36H54O9. The normalized spacial score (nSPS) is 34.5. The lowest BCUT2D eigenvalue weighted by Gasteiger charge is -2.60. The van der Waals surface area contributed by atoms with Gasteiger partial charge in [0.1, 0.15) is 11.4 Å². The maximum absolute atomic E-state index is 14.9. The monoisotopic (exact) mass is 630 g/mol. The van der Waals surface area contributed by atoms with E-state index in [1.54, 1.807) is 42.7 Å². The third-order valence-electron chi connectivity index (χ3n) is 11.0. The zero-order chi connectivity index (χ0) is 33.0. The predicted octanol–water partition coefficient (Wildman–Crippen LogP) is 6.10. The largest absolute Gasteiger partial charge is 0.496 e. The molecule has 0 bridgehead atoms. The minimum atomic E-state index is -1.34. The van der Waals surface area contributed by atoms with Gasteiger partial charge < -0.3 is 37.9 Å². The molecular weight excluding hydrogens is 576 g/mol. The average Bonchev–Trinajstić information content (AvgIpc) is 3.03. The fourth-order valence-corrected chi connectivity index (χ4v) is 9.16. The molecule has 0 aromatic heterocycles. The number of fused-ring (bicyclic) bond motifs is 4. The molecule has 2 heterocycles. The summed E-state index contributed by atoms with van der Waals surface area (Å²) in [6.45, 7) is 12.7. The van der Waals surface area contributed by atoms with Gasteiger partial charge in [-0.2, -0.15) is 0 Å². The Balaban J connectivity index is 1.74. The lowest BCUT2D eigenvalue weighted by molar-refractivity contribution is -0.291. The molecule has 0 radical (unpaired) electrons. The number of ketones is 1. The molecule has 9 heteroatoms. The van der Waals surface area contributed by atoms with Gasteiger partial charge in [-0.25, -0.2) is 0 Å². The van der Waals surface area contributed by atoms with E-state index in [0.717, 1.165) is 29.7 Å². The lowest BCUT2D eigenvalue weighted by atomic mass is 9.59. The molecule has 1 saturated carbocycles. The lowest BCUT2D eigenvalue weighted by Crippen LogP contribution is -2.71. The van der Waals surface area contributed by atoms with Crippen molar-refractivity contribution in [1.29, 1.82) is 0 Å². The second kappa shape index (κ2) is 12.7. The molecule has 0 N–H and O–H groups in total. The zero-order valence-corrected chi connectivity index (χ0v) is 29.3. The van der Waals surface area contributed by atoms with Crippen molar-refractivity contribution in [2.45, 2.75) is 103 Å². The highest BCUT2D eigenvalue weighted by molar-refractivity contribution is 6.03. The Morgan fingerprint density at radius 1 is 0.911 bits per heavy atom. The first kappa shape index (κ1) is 34.0. The number of carbonyl (C=O) groups excluding carboxylic acids is 1. The molecule has 1 aromatic rings. The van der Waals surface area contributed by atoms with Crippen LogP contribution >= 0.6 is 0 Å². The number of carbonyl (C=O) groups is 1. The van der Waals surface area contributed by atoms with Crippen LogP contribution in [0.5, 0.6) is 17.2 Å². The van der Waals surface area contributed by atoms with Gasteiger partial charge in [-0.15, -0.1) is 0 Å². The van der Waals surface area contributed by atoms with Crippen molar-refractivity contribution in [2.75, 3.05) is 42.7 Å². The smallest absolute Gasteiger partial charge is 0.243 e. The maximum Gasteiger partial charge on any atom is 0.243 e. The molecule has 4 aliphatic rings. The Kier molecular flexibility index (Phi) is 9.60. The van der Waals surface area contributed by atoms with E-state index in [-0.39, 0.29) is 53.5 Å². The van der Waals surface area contributed by atoms with Crippen LogP contribution in [0.15, 0.2) is 17.4 Å². The molecule has 0 amide bonds. The van der Waals surface area contributed by atoms with Crippen LogP contribution in [0.2, 0.25) is 0 Å². The van der Waals surface area contributed by atoms with Crippen LogP contribution in [0.4, 0.5) is 0 Å². The van der Waals surface area contributed by atoms with E-state index in [9.17, 15) is 4.79 Å². The van der Waals surface area contributed by atoms with Crippen LogP contribution in [0.1, 0.15) is 77.8 Å². The summed E-state index contributed by atoms with van der Waals surface area (Å²) in [7, 11) is 10.0. The molecule has 5 rings (SSSR count). The van der Waals surface area contributed by atoms with E-state index in [0.29, 0.717) is 35.8 Å². The topological polar surface area (TPSA) is 90.9 Å². The second-order valence-corrected chi connectivity index (χ2v) is 14.1. The third-order valence-corrected chi connectivity index (χ3v) is 11.0. The van der Waals surface area contributed by atoms with Crippen molar-refractivity contribution in [3.8, 4) is 17.2 Å². The summed E-state index contributed by atoms with van der Waals surface area (Å²) < 4.78 is 51.1. The molecule has 9 nitrogen and oxygen atoms in total. The number of hydrogen-bond acceptors (Lipinski definition) is 9. The van der Waals surface area contributed by atoms with Crippen molar-refractivity contribution in [3.05, 3.63) is 28.5 Å². The van der Waals surface area contributed by atoms with E-state index in [1.807, 2.05) is 19.9 Å². The standard InChI is InChI=1S/C36H54O9/c1-18(2)26-23(38-7)15-21-13-14-35(44-29(21)31(26)40-9)25-17-22-16-24(39-8)27(19(3)4)32(41-10)30(22)45-36(25,43-12)28(20(5)6)33(42-11)34(35)37/h16,18-21,23,25-26,29,31H,13-15,17H2,1-12H3/t21-,23+,25+,26-,29+,31+,35+,36-/m1/s1. The van der Waals surface area contributed by atoms with Gasteiger partial charge in [0.2, 0.25) is 11.6 Å². The Bertz CT molecular complexity index is 1300. The highest BCUT2D eigenvalue weighted by Crippen LogP contribution is 2.61. The first-order valence-electron chi connectivity index (χ1n) is 16.5. The molecule has 1 spiro atoms. The average molecular weight is 631 g/mol. The summed E-state index contributed by atoms with van der Waals surface area (Å²) >= 11 is 0. The molecule has 1 aromatic carbocycles. The van der Waals surface area contributed by atoms with Crippen LogP contribution in [0.25, 0.3) is 0 Å². The van der Waals surface area contributed by atoms with Crippen LogP contribution in [-0.2, 0) is 34.9 Å². The second-order valence-electron chi connectivity index (χ2n) is 14.1. The van der Waals surface area contributed by atoms with Crippen molar-refractivity contribution < 1.29 is 42.7 Å². The van der Waals surface area contributed by atoms with Gasteiger partial charge in [-0.05, 0) is 55.4 Å². The highest BCUT2D eigenvalue weighted by atomic mass is 16.7. The third kappa shape index (κ3) is 4.99. The fourth-order valence-electron chi connectivity index (χ4n) is 9.16. The number of Topliss-reactive ketones (excluding diaryl/α,β-unsaturated/α-hetero) is 1. The van der Waals surface area contributed by atoms with E-state index in [1.165, 1.54) is 0 Å². The molecule has 45 heavy (non-hydrogen) atoms. The molecule has 2 aliphatic heterocycles. The number of methoxy groups -OCH3 is 6. The van der Waals surface area contributed by atoms with Gasteiger partial charge in [-0.3, -0.25) is 4.79 Å². The van der Waals surface area contributed by atoms with Crippen molar-refractivity contribution in [1.82, 2.24) is 0 Å². The number of ether oxygens (including phenoxy) is 8. The van der Waals surface area contributed by atoms with Gasteiger partial charge in [-0.1, -0.05) is 41.5 Å². The molecule has 2 aliphatic carbocycles. The Morgan fingerprint density at radius 3 is 2.13 bits per heavy atom. The summed E-state index contributed by atoms with van der Waals surface area (Å²) in [5.74, 6) is 0.754. The summed E-state index contributed by atoms with van der Waals surface area (Å²) in [5.41, 5.74) is 1.22. The number of hydrogen-bond donors (Lipinski definition) is 0. The Morgan fingerprint density at radius 2 is 1.62 bits per heavy atom. The summed E-state index contributed by atoms with van der Waals surface area (Å²) in [4.78, 5) is 14.9. The minimum absolute atomic E-state index is 0.0518. The van der Waals surface area contributed by atoms with Gasteiger partial charge in [0.15, 0.2) is 17.3 Å². The van der Waals surface area contributed by atoms with Crippen molar-refractivity contribution in [2.24, 2.45) is 29.6 Å². The number of benzene rings is 1. The molecule has 8 atom stereocenters. The zero-order valence-electron chi connectivity index (χ0n) is 29.3. The minimum Gasteiger partial charge on any atom is -0.496 e. The first-order valence-corrected chi connectivity index (χ1v) is 16.5. The SMILES string of the molecule is COC1=C(C(C)C)[C@]2(OC)Oc3c(cc(OC)c(C(C)C)c3OC)C[C@H]2[C@@]2(CC[C@@H]3C[C@H](OC)[C@@H](C(C)C)[C@H](OC)[C@H]3O2)C1=O. The van der Waals surface area contributed by atoms with Crippen LogP contribution < -0.4 is 14.2 Å². The quantitative estimate of drug-likeness (QED) is 0.321. The summed E-state index contributed by atoms with van der Waals surface area (Å²) in [5, 5.41) is 0. The first-order chi connectivity index (χ1) is 21.4. The predicted molar refractivity (Wildman–Crippen MR) is 170 cm³/mol. The van der Waals surface area contributed by atoms with Gasteiger partial charge >= 0.3 is 0 Å². The van der Waals surface area contributed by atoms with Gasteiger partial charge in [0, 0.05) is 43.9 Å². The van der Waals surface area contributed by atoms with Crippen molar-refractivity contribution >= 4 is 5.78 Å². The van der Waals surface area contributed by atoms with Crippen LogP contribution in [0.3, 0.4) is 0 Å². The van der Waals surface area contributed by atoms with Crippen LogP contribution in [-0.4, -0.2) is 78.1 Å². The van der Waals surface area contributed by atoms with Gasteiger partial charge in [0.25, 0.3) is 0 Å². The molecule has 252 valence electrons. The Hall–Kier alpha value is -2.33. The maximum atomic E-state index is 14.9. The number of rotatable bonds is 9. The Labute approximate surface area is 269 Å². The summed E-state index contributed by atoms with van der Waals surface area (Å²) in [6, 6.07) is 2.03. The fraction of sp³-hybridized carbons (Fsp3) is 0.750. The molecule has 2 fully saturated rings. The van der Waals surface area contributed by atoms with E-state index < -0.39 is 17.3 Å². The molecule has 0 unspecified atom stereocenters.